The van der Waals surface area contributed by atoms with E-state index in [-0.39, 0.29) is 18.4 Å². The van der Waals surface area contributed by atoms with Gasteiger partial charge in [-0.25, -0.2) is 0 Å². The molecule has 0 bridgehead atoms. The first-order valence-corrected chi connectivity index (χ1v) is 8.40. The Morgan fingerprint density at radius 3 is 2.35 bits per heavy atom. The van der Waals surface area contributed by atoms with E-state index in [4.69, 9.17) is 0 Å². The number of nitrogens with one attached hydrogen (secondary N) is 2. The number of benzene rings is 3. The van der Waals surface area contributed by atoms with Gasteiger partial charge >= 0.3 is 0 Å². The van der Waals surface area contributed by atoms with E-state index in [1.807, 2.05) is 66.7 Å². The van der Waals surface area contributed by atoms with Gasteiger partial charge in [0.05, 0.1) is 6.54 Å². The predicted octanol–water partition coefficient (Wildman–Crippen LogP) is 3.87. The van der Waals surface area contributed by atoms with Gasteiger partial charge in [-0.3, -0.25) is 9.59 Å². The van der Waals surface area contributed by atoms with Crippen molar-refractivity contribution in [2.45, 2.75) is 6.92 Å². The van der Waals surface area contributed by atoms with Crippen LogP contribution < -0.4 is 15.5 Å². The highest BCUT2D eigenvalue weighted by atomic mass is 16.2. The molecule has 3 aromatic rings. The molecule has 3 aromatic carbocycles. The lowest BCUT2D eigenvalue weighted by molar-refractivity contribution is -0.116. The highest BCUT2D eigenvalue weighted by molar-refractivity contribution is 6.03. The molecule has 5 heteroatoms. The number of amides is 2. The summed E-state index contributed by atoms with van der Waals surface area (Å²) in [4.78, 5) is 25.2. The minimum atomic E-state index is -0.119. The minimum Gasteiger partial charge on any atom is -0.376 e. The molecule has 2 N–H and O–H groups in total. The van der Waals surface area contributed by atoms with E-state index in [0.29, 0.717) is 0 Å². The fourth-order valence-corrected chi connectivity index (χ4v) is 2.70. The average molecular weight is 347 g/mol. The van der Waals surface area contributed by atoms with Crippen LogP contribution >= 0.6 is 0 Å². The Morgan fingerprint density at radius 1 is 0.923 bits per heavy atom. The number of carbonyl (C=O) groups excluding carboxylic acids is 2. The molecule has 5 nitrogen and oxygen atoms in total. The van der Waals surface area contributed by atoms with E-state index in [0.717, 1.165) is 27.8 Å². The number of hydrogen-bond donors (Lipinski definition) is 2. The van der Waals surface area contributed by atoms with Gasteiger partial charge in [-0.15, -0.1) is 0 Å². The van der Waals surface area contributed by atoms with Gasteiger partial charge in [-0.05, 0) is 35.7 Å². The molecule has 0 aliphatic carbocycles. The summed E-state index contributed by atoms with van der Waals surface area (Å²) in [7, 11) is 1.72. The van der Waals surface area contributed by atoms with Gasteiger partial charge in [-0.2, -0.15) is 0 Å². The summed E-state index contributed by atoms with van der Waals surface area (Å²) in [6.07, 6.45) is 0. The molecule has 0 fully saturated rings. The Bertz CT molecular complexity index is 930. The van der Waals surface area contributed by atoms with Crippen LogP contribution in [0, 0.1) is 0 Å². The van der Waals surface area contributed by atoms with Crippen molar-refractivity contribution in [3.63, 3.8) is 0 Å². The molecule has 0 heterocycles. The molecule has 0 spiro atoms. The van der Waals surface area contributed by atoms with Crippen LogP contribution in [0.1, 0.15) is 6.92 Å². The van der Waals surface area contributed by atoms with Crippen molar-refractivity contribution in [2.75, 3.05) is 29.1 Å². The summed E-state index contributed by atoms with van der Waals surface area (Å²) in [5.41, 5.74) is 2.43. The summed E-state index contributed by atoms with van der Waals surface area (Å²) in [5.74, 6) is -0.147. The molecule has 0 saturated heterocycles. The zero-order chi connectivity index (χ0) is 18.5. The summed E-state index contributed by atoms with van der Waals surface area (Å²) in [5, 5.41) is 8.14. The zero-order valence-corrected chi connectivity index (χ0v) is 14.8. The van der Waals surface area contributed by atoms with E-state index >= 15 is 0 Å². The molecule has 2 amide bonds. The molecule has 0 aliphatic rings. The number of rotatable bonds is 5. The minimum absolute atomic E-state index is 0.0276. The quantitative estimate of drug-likeness (QED) is 0.736. The molecule has 0 aromatic heterocycles. The van der Waals surface area contributed by atoms with Crippen LogP contribution in [0.3, 0.4) is 0 Å². The van der Waals surface area contributed by atoms with Crippen LogP contribution in [-0.2, 0) is 9.59 Å². The van der Waals surface area contributed by atoms with E-state index in [1.54, 1.807) is 11.9 Å². The van der Waals surface area contributed by atoms with E-state index < -0.39 is 0 Å². The number of nitrogens with zero attached hydrogens (tertiary/aromatic N) is 1. The molecule has 0 saturated carbocycles. The molecular weight excluding hydrogens is 326 g/mol. The van der Waals surface area contributed by atoms with Crippen molar-refractivity contribution >= 4 is 39.6 Å². The van der Waals surface area contributed by atoms with Crippen LogP contribution in [0.5, 0.6) is 0 Å². The first-order chi connectivity index (χ1) is 12.5. The molecule has 3 rings (SSSR count). The normalized spacial score (nSPS) is 10.4. The van der Waals surface area contributed by atoms with Crippen molar-refractivity contribution in [3.8, 4) is 0 Å². The topological polar surface area (TPSA) is 61.4 Å². The van der Waals surface area contributed by atoms with Crippen molar-refractivity contribution in [2.24, 2.45) is 0 Å². The van der Waals surface area contributed by atoms with Crippen molar-refractivity contribution in [1.82, 2.24) is 0 Å². The van der Waals surface area contributed by atoms with Gasteiger partial charge in [-0.1, -0.05) is 36.4 Å². The summed E-state index contributed by atoms with van der Waals surface area (Å²) in [6.45, 7) is 1.68. The van der Waals surface area contributed by atoms with E-state index in [1.165, 1.54) is 6.92 Å². The maximum absolute atomic E-state index is 12.3. The van der Waals surface area contributed by atoms with E-state index in [2.05, 4.69) is 10.6 Å². The molecule has 26 heavy (non-hydrogen) atoms. The summed E-state index contributed by atoms with van der Waals surface area (Å²) >= 11 is 0. The first-order valence-electron chi connectivity index (χ1n) is 8.40. The third-order valence-electron chi connectivity index (χ3n) is 4.24. The van der Waals surface area contributed by atoms with Gasteiger partial charge in [0.2, 0.25) is 11.8 Å². The molecule has 0 atom stereocenters. The largest absolute Gasteiger partial charge is 0.376 e. The Morgan fingerprint density at radius 2 is 1.62 bits per heavy atom. The predicted molar refractivity (Wildman–Crippen MR) is 107 cm³/mol. The smallest absolute Gasteiger partial charge is 0.243 e. The van der Waals surface area contributed by atoms with Crippen molar-refractivity contribution < 1.29 is 9.59 Å². The number of carbonyl (C=O) groups is 2. The van der Waals surface area contributed by atoms with Crippen molar-refractivity contribution in [3.05, 3.63) is 66.7 Å². The number of anilines is 3. The van der Waals surface area contributed by atoms with Gasteiger partial charge in [0.25, 0.3) is 0 Å². The van der Waals surface area contributed by atoms with Crippen LogP contribution in [0.25, 0.3) is 10.8 Å². The molecule has 0 aliphatic heterocycles. The second kappa shape index (κ2) is 7.70. The number of fused-ring (bicyclic) bond motifs is 1. The van der Waals surface area contributed by atoms with Gasteiger partial charge in [0, 0.05) is 36.4 Å². The maximum Gasteiger partial charge on any atom is 0.243 e. The third-order valence-corrected chi connectivity index (χ3v) is 4.24. The van der Waals surface area contributed by atoms with Crippen LogP contribution in [0.4, 0.5) is 17.1 Å². The molecule has 0 radical (unpaired) electrons. The standard InChI is InChI=1S/C21H21N3O2/c1-15(25)24(2)18-12-10-17(11-13-18)22-14-21(26)23-20-9-5-7-16-6-3-4-8-19(16)20/h3-13,22H,14H2,1-2H3,(H,23,26). The lowest BCUT2D eigenvalue weighted by Crippen LogP contribution is -2.23. The fraction of sp³-hybridized carbons (Fsp3) is 0.143. The SMILES string of the molecule is CC(=O)N(C)c1ccc(NCC(=O)Nc2cccc3ccccc23)cc1. The van der Waals surface area contributed by atoms with Gasteiger partial charge in [0.15, 0.2) is 0 Å². The highest BCUT2D eigenvalue weighted by Gasteiger charge is 2.07. The van der Waals surface area contributed by atoms with Crippen LogP contribution in [0.2, 0.25) is 0 Å². The highest BCUT2D eigenvalue weighted by Crippen LogP contribution is 2.23. The van der Waals surface area contributed by atoms with Gasteiger partial charge < -0.3 is 15.5 Å². The van der Waals surface area contributed by atoms with Crippen LogP contribution in [0.15, 0.2) is 66.7 Å². The Labute approximate surface area is 152 Å². The second-order valence-electron chi connectivity index (χ2n) is 6.05. The Balaban J connectivity index is 1.61. The molecule has 0 unspecified atom stereocenters. The van der Waals surface area contributed by atoms with Crippen LogP contribution in [-0.4, -0.2) is 25.4 Å². The second-order valence-corrected chi connectivity index (χ2v) is 6.05. The zero-order valence-electron chi connectivity index (χ0n) is 14.8. The van der Waals surface area contributed by atoms with E-state index in [9.17, 15) is 9.59 Å². The molecular formula is C21H21N3O2. The third kappa shape index (κ3) is 4.00. The fourth-order valence-electron chi connectivity index (χ4n) is 2.70. The van der Waals surface area contributed by atoms with Crippen molar-refractivity contribution in [1.29, 1.82) is 0 Å². The average Bonchev–Trinajstić information content (AvgIpc) is 2.66. The van der Waals surface area contributed by atoms with Gasteiger partial charge in [0.1, 0.15) is 0 Å². The summed E-state index contributed by atoms with van der Waals surface area (Å²) in [6, 6.07) is 21.1. The lowest BCUT2D eigenvalue weighted by Gasteiger charge is -2.15. The molecule has 132 valence electrons. The maximum atomic E-state index is 12.3. The Kier molecular flexibility index (Phi) is 5.17. The number of hydrogen-bond acceptors (Lipinski definition) is 3. The monoisotopic (exact) mass is 347 g/mol. The first kappa shape index (κ1) is 17.5. The Hall–Kier alpha value is -3.34. The lowest BCUT2D eigenvalue weighted by atomic mass is 10.1. The summed E-state index contributed by atoms with van der Waals surface area (Å²) < 4.78 is 0.